The fourth-order valence-corrected chi connectivity index (χ4v) is 1.86. The van der Waals surface area contributed by atoms with Crippen molar-refractivity contribution in [3.8, 4) is 0 Å². The van der Waals surface area contributed by atoms with Crippen LogP contribution in [-0.4, -0.2) is 16.1 Å². The van der Waals surface area contributed by atoms with Gasteiger partial charge in [0.25, 0.3) is 5.91 Å². The lowest BCUT2D eigenvalue weighted by molar-refractivity contribution is 0.0951. The monoisotopic (exact) mass is 272 g/mol. The van der Waals surface area contributed by atoms with E-state index in [1.54, 1.807) is 6.20 Å². The Bertz CT molecular complexity index is 593. The molecule has 0 bridgehead atoms. The van der Waals surface area contributed by atoms with Gasteiger partial charge in [-0.15, -0.1) is 0 Å². The zero-order chi connectivity index (χ0) is 14.8. The number of benzene rings is 1. The van der Waals surface area contributed by atoms with Gasteiger partial charge in [-0.1, -0.05) is 32.9 Å². The second-order valence-electron chi connectivity index (χ2n) is 5.82. The molecule has 4 N–H and O–H groups in total. The van der Waals surface area contributed by atoms with Crippen LogP contribution in [-0.2, 0) is 12.0 Å². The van der Waals surface area contributed by atoms with Crippen molar-refractivity contribution in [3.05, 3.63) is 47.2 Å². The third-order valence-electron chi connectivity index (χ3n) is 3.20. The van der Waals surface area contributed by atoms with Crippen molar-refractivity contribution in [2.24, 2.45) is 0 Å². The number of hydrogen-bond acceptors (Lipinski definition) is 3. The van der Waals surface area contributed by atoms with Gasteiger partial charge in [-0.25, -0.2) is 0 Å². The molecule has 0 saturated heterocycles. The first kappa shape index (κ1) is 14.1. The first-order valence-corrected chi connectivity index (χ1v) is 6.54. The van der Waals surface area contributed by atoms with E-state index in [4.69, 9.17) is 5.73 Å². The van der Waals surface area contributed by atoms with E-state index in [0.717, 1.165) is 5.56 Å². The van der Waals surface area contributed by atoms with Crippen LogP contribution in [0.5, 0.6) is 0 Å². The molecule has 5 heteroatoms. The highest BCUT2D eigenvalue weighted by Gasteiger charge is 2.14. The van der Waals surface area contributed by atoms with Crippen LogP contribution >= 0.6 is 0 Å². The van der Waals surface area contributed by atoms with Gasteiger partial charge in [-0.3, -0.25) is 9.89 Å². The number of amides is 1. The normalized spacial score (nSPS) is 11.3. The number of anilines is 1. The summed E-state index contributed by atoms with van der Waals surface area (Å²) in [5.41, 5.74) is 8.37. The lowest BCUT2D eigenvalue weighted by Gasteiger charge is -2.19. The Labute approximate surface area is 118 Å². The van der Waals surface area contributed by atoms with Gasteiger partial charge in [0, 0.05) is 17.7 Å². The van der Waals surface area contributed by atoms with Gasteiger partial charge in [0.1, 0.15) is 5.82 Å². The molecule has 2 rings (SSSR count). The number of nitrogens with zero attached hydrogens (tertiary/aromatic N) is 1. The molecule has 0 aliphatic heterocycles. The SMILES string of the molecule is CC(C)(C)c1ccc(C(=O)NCc2cn[nH]c2N)cc1. The van der Waals surface area contributed by atoms with Crippen LogP contribution in [0.3, 0.4) is 0 Å². The fourth-order valence-electron chi connectivity index (χ4n) is 1.86. The minimum Gasteiger partial charge on any atom is -0.384 e. The van der Waals surface area contributed by atoms with Crippen molar-refractivity contribution < 1.29 is 4.79 Å². The van der Waals surface area contributed by atoms with Gasteiger partial charge in [-0.2, -0.15) is 5.10 Å². The molecule has 0 atom stereocenters. The van der Waals surface area contributed by atoms with Crippen molar-refractivity contribution in [1.82, 2.24) is 15.5 Å². The van der Waals surface area contributed by atoms with E-state index in [1.165, 1.54) is 5.56 Å². The molecule has 0 fully saturated rings. The first-order chi connectivity index (χ1) is 9.38. The Balaban J connectivity index is 2.01. The molecule has 0 aliphatic carbocycles. The van der Waals surface area contributed by atoms with Crippen molar-refractivity contribution in [1.29, 1.82) is 0 Å². The summed E-state index contributed by atoms with van der Waals surface area (Å²) in [4.78, 5) is 12.0. The maximum absolute atomic E-state index is 12.0. The van der Waals surface area contributed by atoms with E-state index in [0.29, 0.717) is 17.9 Å². The highest BCUT2D eigenvalue weighted by molar-refractivity contribution is 5.94. The van der Waals surface area contributed by atoms with E-state index >= 15 is 0 Å². The van der Waals surface area contributed by atoms with Crippen molar-refractivity contribution in [2.45, 2.75) is 32.7 Å². The van der Waals surface area contributed by atoms with Gasteiger partial charge >= 0.3 is 0 Å². The second-order valence-corrected chi connectivity index (χ2v) is 5.82. The first-order valence-electron chi connectivity index (χ1n) is 6.54. The van der Waals surface area contributed by atoms with Crippen molar-refractivity contribution in [2.75, 3.05) is 5.73 Å². The van der Waals surface area contributed by atoms with Gasteiger partial charge in [-0.05, 0) is 23.1 Å². The lowest BCUT2D eigenvalue weighted by atomic mass is 9.87. The number of nitrogens with two attached hydrogens (primary N) is 1. The van der Waals surface area contributed by atoms with E-state index in [9.17, 15) is 4.79 Å². The summed E-state index contributed by atoms with van der Waals surface area (Å²) >= 11 is 0. The number of nitrogens with one attached hydrogen (secondary N) is 2. The third-order valence-corrected chi connectivity index (χ3v) is 3.20. The number of rotatable bonds is 3. The predicted molar refractivity (Wildman–Crippen MR) is 79.3 cm³/mol. The summed E-state index contributed by atoms with van der Waals surface area (Å²) < 4.78 is 0. The molecule has 0 radical (unpaired) electrons. The number of carbonyl (C=O) groups is 1. The summed E-state index contributed by atoms with van der Waals surface area (Å²) in [7, 11) is 0. The molecule has 0 aliphatic rings. The third kappa shape index (κ3) is 3.17. The average Bonchev–Trinajstić information content (AvgIpc) is 2.81. The van der Waals surface area contributed by atoms with Crippen LogP contribution in [0.15, 0.2) is 30.5 Å². The van der Waals surface area contributed by atoms with Gasteiger partial charge in [0.05, 0.1) is 6.20 Å². The topological polar surface area (TPSA) is 83.8 Å². The van der Waals surface area contributed by atoms with E-state index in [-0.39, 0.29) is 11.3 Å². The Morgan fingerprint density at radius 3 is 2.45 bits per heavy atom. The largest absolute Gasteiger partial charge is 0.384 e. The highest BCUT2D eigenvalue weighted by atomic mass is 16.1. The number of nitrogen functional groups attached to an aromatic ring is 1. The average molecular weight is 272 g/mol. The molecule has 2 aromatic rings. The summed E-state index contributed by atoms with van der Waals surface area (Å²) in [5, 5.41) is 9.26. The van der Waals surface area contributed by atoms with Gasteiger partial charge < -0.3 is 11.1 Å². The van der Waals surface area contributed by atoms with Crippen LogP contribution in [0.25, 0.3) is 0 Å². The molecule has 0 saturated carbocycles. The van der Waals surface area contributed by atoms with E-state index in [1.807, 2.05) is 24.3 Å². The molecule has 0 spiro atoms. The zero-order valence-corrected chi connectivity index (χ0v) is 12.0. The van der Waals surface area contributed by atoms with Crippen LogP contribution in [0.4, 0.5) is 5.82 Å². The van der Waals surface area contributed by atoms with Gasteiger partial charge in [0.2, 0.25) is 0 Å². The predicted octanol–water partition coefficient (Wildman–Crippen LogP) is 2.22. The number of aromatic amines is 1. The standard InChI is InChI=1S/C15H20N4O/c1-15(2,3)12-6-4-10(5-7-12)14(20)17-8-11-9-18-19-13(11)16/h4-7,9H,8H2,1-3H3,(H,17,20)(H3,16,18,19). The van der Waals surface area contributed by atoms with Crippen LogP contribution < -0.4 is 11.1 Å². The Hall–Kier alpha value is -2.30. The molecule has 1 aromatic carbocycles. The second kappa shape index (κ2) is 5.36. The van der Waals surface area contributed by atoms with Gasteiger partial charge in [0.15, 0.2) is 0 Å². The number of carbonyl (C=O) groups excluding carboxylic acids is 1. The lowest BCUT2D eigenvalue weighted by Crippen LogP contribution is -2.23. The minimum absolute atomic E-state index is 0.0836. The molecule has 1 aromatic heterocycles. The smallest absolute Gasteiger partial charge is 0.251 e. The maximum atomic E-state index is 12.0. The summed E-state index contributed by atoms with van der Waals surface area (Å²) in [5.74, 6) is 0.361. The van der Waals surface area contributed by atoms with Crippen molar-refractivity contribution >= 4 is 11.7 Å². The quantitative estimate of drug-likeness (QED) is 0.801. The molecule has 5 nitrogen and oxygen atoms in total. The molecule has 0 unspecified atom stereocenters. The van der Waals surface area contributed by atoms with E-state index < -0.39 is 0 Å². The fraction of sp³-hybridized carbons (Fsp3) is 0.333. The number of H-pyrrole nitrogens is 1. The number of hydrogen-bond donors (Lipinski definition) is 3. The summed E-state index contributed by atoms with van der Waals surface area (Å²) in [6.45, 7) is 6.79. The van der Waals surface area contributed by atoms with Crippen LogP contribution in [0.1, 0.15) is 42.3 Å². The molecule has 20 heavy (non-hydrogen) atoms. The Morgan fingerprint density at radius 2 is 1.95 bits per heavy atom. The summed E-state index contributed by atoms with van der Waals surface area (Å²) in [6.07, 6.45) is 1.61. The Morgan fingerprint density at radius 1 is 1.30 bits per heavy atom. The molecule has 1 amide bonds. The zero-order valence-electron chi connectivity index (χ0n) is 12.0. The molecular weight excluding hydrogens is 252 g/mol. The van der Waals surface area contributed by atoms with Crippen LogP contribution in [0.2, 0.25) is 0 Å². The van der Waals surface area contributed by atoms with Crippen LogP contribution in [0, 0.1) is 0 Å². The molecular formula is C15H20N4O. The highest BCUT2D eigenvalue weighted by Crippen LogP contribution is 2.22. The summed E-state index contributed by atoms with van der Waals surface area (Å²) in [6, 6.07) is 7.66. The maximum Gasteiger partial charge on any atom is 0.251 e. The minimum atomic E-state index is -0.119. The number of aromatic nitrogens is 2. The van der Waals surface area contributed by atoms with E-state index in [2.05, 4.69) is 36.3 Å². The van der Waals surface area contributed by atoms with Crippen molar-refractivity contribution in [3.63, 3.8) is 0 Å². The molecule has 1 heterocycles. The molecule has 106 valence electrons. The Kier molecular flexibility index (Phi) is 3.79.